The predicted octanol–water partition coefficient (Wildman–Crippen LogP) is 2.59. The van der Waals surface area contributed by atoms with Crippen LogP contribution in [0.2, 0.25) is 0 Å². The number of hydrogen-bond acceptors (Lipinski definition) is 4. The van der Waals surface area contributed by atoms with Gasteiger partial charge in [-0.05, 0) is 42.8 Å². The van der Waals surface area contributed by atoms with Gasteiger partial charge in [-0.1, -0.05) is 12.1 Å². The van der Waals surface area contributed by atoms with E-state index >= 15 is 0 Å². The Labute approximate surface area is 148 Å². The number of nitrogens with zero attached hydrogens (tertiary/aromatic N) is 5. The average molecular weight is 342 g/mol. The molecule has 0 saturated carbocycles. The minimum absolute atomic E-state index is 0.188. The molecule has 1 N–H and O–H groups in total. The van der Waals surface area contributed by atoms with E-state index in [0.29, 0.717) is 16.9 Å². The molecule has 7 nitrogen and oxygen atoms in total. The summed E-state index contributed by atoms with van der Waals surface area (Å²) < 4.78 is 3.11. The van der Waals surface area contributed by atoms with Gasteiger partial charge in [0.1, 0.15) is 0 Å². The van der Waals surface area contributed by atoms with E-state index in [2.05, 4.69) is 21.3 Å². The van der Waals surface area contributed by atoms with Crippen LogP contribution in [0, 0.1) is 18.3 Å². The number of aryl methyl sites for hydroxylation is 1. The highest BCUT2D eigenvalue weighted by molar-refractivity contribution is 5.66. The smallest absolute Gasteiger partial charge is 0.280 e. The van der Waals surface area contributed by atoms with Crippen molar-refractivity contribution in [1.82, 2.24) is 24.5 Å². The number of pyridine rings is 1. The lowest BCUT2D eigenvalue weighted by molar-refractivity contribution is 0.800. The van der Waals surface area contributed by atoms with Gasteiger partial charge in [0.15, 0.2) is 5.82 Å². The summed E-state index contributed by atoms with van der Waals surface area (Å²) in [5.41, 5.74) is 3.23. The van der Waals surface area contributed by atoms with Crippen molar-refractivity contribution < 1.29 is 0 Å². The number of benzene rings is 1. The maximum absolute atomic E-state index is 12.9. The molecule has 4 rings (SSSR count). The molecule has 126 valence electrons. The number of nitrogens with one attached hydrogen (secondary N) is 1. The Morgan fingerprint density at radius 1 is 1.15 bits per heavy atom. The minimum Gasteiger partial charge on any atom is -0.293 e. The second-order valence-electron chi connectivity index (χ2n) is 5.77. The molecule has 0 bridgehead atoms. The summed E-state index contributed by atoms with van der Waals surface area (Å²) in [5.74, 6) is 0.494. The van der Waals surface area contributed by atoms with Crippen molar-refractivity contribution in [1.29, 1.82) is 5.26 Å². The lowest BCUT2D eigenvalue weighted by Crippen LogP contribution is -2.17. The largest absolute Gasteiger partial charge is 0.293 e. The van der Waals surface area contributed by atoms with Gasteiger partial charge in [0.05, 0.1) is 29.1 Å². The molecule has 3 aromatic heterocycles. The molecule has 7 heteroatoms. The molecule has 0 aliphatic carbocycles. The summed E-state index contributed by atoms with van der Waals surface area (Å²) in [6, 6.07) is 14.5. The molecule has 3 heterocycles. The molecule has 0 amide bonds. The molecule has 0 aliphatic heterocycles. The molecule has 26 heavy (non-hydrogen) atoms. The van der Waals surface area contributed by atoms with E-state index in [1.54, 1.807) is 47.4 Å². The van der Waals surface area contributed by atoms with Crippen molar-refractivity contribution in [3.8, 4) is 28.7 Å². The van der Waals surface area contributed by atoms with Gasteiger partial charge in [-0.25, -0.2) is 14.3 Å². The van der Waals surface area contributed by atoms with Crippen LogP contribution in [0.15, 0.2) is 65.8 Å². The highest BCUT2D eigenvalue weighted by Crippen LogP contribution is 2.20. The third-order valence-corrected chi connectivity index (χ3v) is 4.10. The second kappa shape index (κ2) is 6.18. The molecule has 0 radical (unpaired) electrons. The standard InChI is InChI=1S/C19H14N6O/c1-13-18(15-5-3-14(11-20)4-6-15)19(26)25(23-13)17-8-7-16(12-21-17)24-10-2-9-22-24/h2-10,12,23H,1H3. The van der Waals surface area contributed by atoms with E-state index in [-0.39, 0.29) is 5.56 Å². The summed E-state index contributed by atoms with van der Waals surface area (Å²) in [6.45, 7) is 1.84. The maximum Gasteiger partial charge on any atom is 0.280 e. The van der Waals surface area contributed by atoms with Crippen LogP contribution in [0.1, 0.15) is 11.3 Å². The SMILES string of the molecule is Cc1[nH]n(-c2ccc(-n3cccn3)cn2)c(=O)c1-c1ccc(C#N)cc1. The van der Waals surface area contributed by atoms with E-state index in [4.69, 9.17) is 5.26 Å². The maximum atomic E-state index is 12.9. The van der Waals surface area contributed by atoms with Crippen molar-refractivity contribution in [2.24, 2.45) is 0 Å². The fourth-order valence-corrected chi connectivity index (χ4v) is 2.83. The van der Waals surface area contributed by atoms with Crippen LogP contribution in [0.4, 0.5) is 0 Å². The molecule has 1 aromatic carbocycles. The Morgan fingerprint density at radius 2 is 1.96 bits per heavy atom. The zero-order valence-electron chi connectivity index (χ0n) is 13.9. The Hall–Kier alpha value is -3.92. The molecule has 0 spiro atoms. The molecule has 0 aliphatic rings. The number of H-pyrrole nitrogens is 1. The van der Waals surface area contributed by atoms with E-state index in [0.717, 1.165) is 16.9 Å². The van der Waals surface area contributed by atoms with E-state index in [1.807, 2.05) is 25.3 Å². The van der Waals surface area contributed by atoms with Gasteiger partial charge in [-0.2, -0.15) is 10.4 Å². The summed E-state index contributed by atoms with van der Waals surface area (Å²) in [4.78, 5) is 17.2. The van der Waals surface area contributed by atoms with E-state index in [9.17, 15) is 4.79 Å². The number of aromatic nitrogens is 5. The minimum atomic E-state index is -0.188. The van der Waals surface area contributed by atoms with Crippen molar-refractivity contribution >= 4 is 0 Å². The number of rotatable bonds is 3. The van der Waals surface area contributed by atoms with E-state index in [1.165, 1.54) is 4.68 Å². The van der Waals surface area contributed by atoms with E-state index < -0.39 is 0 Å². The van der Waals surface area contributed by atoms with Gasteiger partial charge < -0.3 is 0 Å². The van der Waals surface area contributed by atoms with Gasteiger partial charge in [0.25, 0.3) is 5.56 Å². The van der Waals surface area contributed by atoms with Crippen molar-refractivity contribution in [2.45, 2.75) is 6.92 Å². The lowest BCUT2D eigenvalue weighted by Gasteiger charge is -2.03. The molecule has 0 saturated heterocycles. The van der Waals surface area contributed by atoms with Crippen LogP contribution in [-0.4, -0.2) is 24.5 Å². The third-order valence-electron chi connectivity index (χ3n) is 4.10. The first-order valence-corrected chi connectivity index (χ1v) is 7.96. The lowest BCUT2D eigenvalue weighted by atomic mass is 10.1. The molecular weight excluding hydrogens is 328 g/mol. The number of aromatic amines is 1. The third kappa shape index (κ3) is 2.59. The summed E-state index contributed by atoms with van der Waals surface area (Å²) in [6.07, 6.45) is 5.17. The summed E-state index contributed by atoms with van der Waals surface area (Å²) in [7, 11) is 0. The van der Waals surface area contributed by atoms with Gasteiger partial charge in [-0.15, -0.1) is 0 Å². The van der Waals surface area contributed by atoms with Crippen molar-refractivity contribution in [2.75, 3.05) is 0 Å². The zero-order valence-corrected chi connectivity index (χ0v) is 13.9. The molecule has 4 aromatic rings. The second-order valence-corrected chi connectivity index (χ2v) is 5.77. The summed E-state index contributed by atoms with van der Waals surface area (Å²) >= 11 is 0. The van der Waals surface area contributed by atoms with Crippen LogP contribution in [0.5, 0.6) is 0 Å². The van der Waals surface area contributed by atoms with Crippen LogP contribution >= 0.6 is 0 Å². The van der Waals surface area contributed by atoms with Gasteiger partial charge in [0.2, 0.25) is 0 Å². The van der Waals surface area contributed by atoms with Gasteiger partial charge in [0, 0.05) is 18.1 Å². The average Bonchev–Trinajstić information content (AvgIpc) is 3.31. The quantitative estimate of drug-likeness (QED) is 0.619. The topological polar surface area (TPSA) is 92.3 Å². The predicted molar refractivity (Wildman–Crippen MR) is 96.2 cm³/mol. The number of nitriles is 1. The molecule has 0 fully saturated rings. The normalized spacial score (nSPS) is 10.6. The van der Waals surface area contributed by atoms with Gasteiger partial charge >= 0.3 is 0 Å². The summed E-state index contributed by atoms with van der Waals surface area (Å²) in [5, 5.41) is 16.1. The van der Waals surface area contributed by atoms with Crippen LogP contribution in [0.3, 0.4) is 0 Å². The molecule has 0 unspecified atom stereocenters. The fraction of sp³-hybridized carbons (Fsp3) is 0.0526. The first kappa shape index (κ1) is 15.6. The Kier molecular flexibility index (Phi) is 3.71. The van der Waals surface area contributed by atoms with Crippen LogP contribution < -0.4 is 5.56 Å². The molecule has 0 atom stereocenters. The highest BCUT2D eigenvalue weighted by atomic mass is 16.1. The Bertz CT molecular complexity index is 1140. The highest BCUT2D eigenvalue weighted by Gasteiger charge is 2.15. The zero-order chi connectivity index (χ0) is 18.1. The van der Waals surface area contributed by atoms with Crippen molar-refractivity contribution in [3.05, 3.63) is 82.7 Å². The monoisotopic (exact) mass is 342 g/mol. The van der Waals surface area contributed by atoms with Crippen LogP contribution in [0.25, 0.3) is 22.6 Å². The Morgan fingerprint density at radius 3 is 2.58 bits per heavy atom. The Balaban J connectivity index is 1.74. The fourth-order valence-electron chi connectivity index (χ4n) is 2.83. The first-order valence-electron chi connectivity index (χ1n) is 7.96. The van der Waals surface area contributed by atoms with Gasteiger partial charge in [-0.3, -0.25) is 9.89 Å². The van der Waals surface area contributed by atoms with Crippen molar-refractivity contribution in [3.63, 3.8) is 0 Å². The first-order chi connectivity index (χ1) is 12.7. The van der Waals surface area contributed by atoms with Crippen LogP contribution in [-0.2, 0) is 0 Å². The number of hydrogen-bond donors (Lipinski definition) is 1. The molecular formula is C19H14N6O.